The summed E-state index contributed by atoms with van der Waals surface area (Å²) >= 11 is 3.46. The lowest BCUT2D eigenvalue weighted by Crippen LogP contribution is -2.17. The molecule has 4 nitrogen and oxygen atoms in total. The molecule has 2 rings (SSSR count). The molecule has 0 spiro atoms. The van der Waals surface area contributed by atoms with Gasteiger partial charge in [0.25, 0.3) is 0 Å². The first-order valence-corrected chi connectivity index (χ1v) is 7.56. The van der Waals surface area contributed by atoms with Crippen LogP contribution in [0.15, 0.2) is 41.1 Å². The molecule has 0 amide bonds. The van der Waals surface area contributed by atoms with Gasteiger partial charge in [0.2, 0.25) is 0 Å². The van der Waals surface area contributed by atoms with Gasteiger partial charge >= 0.3 is 5.97 Å². The highest BCUT2D eigenvalue weighted by molar-refractivity contribution is 9.10. The van der Waals surface area contributed by atoms with Gasteiger partial charge in [-0.1, -0.05) is 48.0 Å². The first-order valence-electron chi connectivity index (χ1n) is 6.77. The van der Waals surface area contributed by atoms with Crippen molar-refractivity contribution in [3.05, 3.63) is 58.1 Å². The van der Waals surface area contributed by atoms with Gasteiger partial charge in [0, 0.05) is 10.2 Å². The van der Waals surface area contributed by atoms with Crippen molar-refractivity contribution < 1.29 is 9.90 Å². The predicted octanol–water partition coefficient (Wildman–Crippen LogP) is 3.77. The van der Waals surface area contributed by atoms with Crippen LogP contribution < -0.4 is 0 Å². The van der Waals surface area contributed by atoms with E-state index in [9.17, 15) is 9.90 Å². The van der Waals surface area contributed by atoms with Crippen molar-refractivity contribution in [3.63, 3.8) is 0 Å². The fraction of sp³-hybridized carbons (Fsp3) is 0.312. The number of benzene rings is 1. The van der Waals surface area contributed by atoms with Crippen LogP contribution in [0.1, 0.15) is 42.6 Å². The molecular weight excluding hydrogens is 332 g/mol. The monoisotopic (exact) mass is 348 g/mol. The van der Waals surface area contributed by atoms with Crippen LogP contribution >= 0.6 is 15.9 Å². The molecule has 1 heterocycles. The molecule has 1 unspecified atom stereocenters. The van der Waals surface area contributed by atoms with Crippen molar-refractivity contribution in [1.29, 1.82) is 0 Å². The molecule has 1 aromatic carbocycles. The molecule has 0 bridgehead atoms. The Bertz CT molecular complexity index is 644. The predicted molar refractivity (Wildman–Crippen MR) is 84.3 cm³/mol. The largest absolute Gasteiger partial charge is 0.481 e. The highest BCUT2D eigenvalue weighted by Gasteiger charge is 2.23. The van der Waals surface area contributed by atoms with Gasteiger partial charge in [0.05, 0.1) is 5.69 Å². The van der Waals surface area contributed by atoms with Gasteiger partial charge in [-0.25, -0.2) is 9.97 Å². The smallest absolute Gasteiger partial charge is 0.312 e. The number of aliphatic carboxylic acids is 1. The summed E-state index contributed by atoms with van der Waals surface area (Å²) in [6.07, 6.45) is 1.84. The number of carboxylic acids is 1. The summed E-state index contributed by atoms with van der Waals surface area (Å²) in [6.45, 7) is 4.05. The summed E-state index contributed by atoms with van der Waals surface area (Å²) in [5.74, 6) is -1.31. The topological polar surface area (TPSA) is 63.1 Å². The minimum absolute atomic E-state index is 0.240. The maximum atomic E-state index is 11.6. The van der Waals surface area contributed by atoms with Crippen LogP contribution in [-0.4, -0.2) is 21.0 Å². The molecule has 0 aliphatic carbocycles. The molecule has 2 aromatic rings. The number of carboxylic acid groups (broad SMARTS) is 1. The van der Waals surface area contributed by atoms with E-state index >= 15 is 0 Å². The second kappa shape index (κ2) is 6.80. The van der Waals surface area contributed by atoms with Crippen molar-refractivity contribution in [1.82, 2.24) is 9.97 Å². The lowest BCUT2D eigenvalue weighted by Gasteiger charge is -2.14. The Balaban J connectivity index is 2.34. The molecular formula is C16H17BrN2O2. The van der Waals surface area contributed by atoms with Gasteiger partial charge in [-0.2, -0.15) is 0 Å². The lowest BCUT2D eigenvalue weighted by atomic mass is 9.95. The van der Waals surface area contributed by atoms with Crippen LogP contribution in [0.5, 0.6) is 0 Å². The minimum atomic E-state index is -0.876. The molecule has 0 saturated heterocycles. The molecule has 21 heavy (non-hydrogen) atoms. The van der Waals surface area contributed by atoms with Crippen LogP contribution in [-0.2, 0) is 11.2 Å². The Labute approximate surface area is 132 Å². The fourth-order valence-corrected chi connectivity index (χ4v) is 2.54. The summed E-state index contributed by atoms with van der Waals surface area (Å²) in [5.41, 5.74) is 2.37. The number of nitrogens with zero attached hydrogens (tertiary/aromatic N) is 2. The SMILES string of the molecule is CC(C)c1cc(C(Cc2ccccc2Br)C(=O)O)ncn1. The van der Waals surface area contributed by atoms with E-state index < -0.39 is 11.9 Å². The third-order valence-corrected chi connectivity index (χ3v) is 4.11. The van der Waals surface area contributed by atoms with Gasteiger partial charge in [-0.05, 0) is 30.0 Å². The summed E-state index contributed by atoms with van der Waals surface area (Å²) in [6, 6.07) is 9.43. The van der Waals surface area contributed by atoms with Crippen molar-refractivity contribution in [2.45, 2.75) is 32.1 Å². The summed E-state index contributed by atoms with van der Waals surface area (Å²) in [7, 11) is 0. The molecule has 1 atom stereocenters. The van der Waals surface area contributed by atoms with Crippen molar-refractivity contribution in [2.24, 2.45) is 0 Å². The Kier molecular flexibility index (Phi) is 5.07. The van der Waals surface area contributed by atoms with E-state index in [1.54, 1.807) is 6.07 Å². The van der Waals surface area contributed by atoms with E-state index in [1.165, 1.54) is 6.33 Å². The quantitative estimate of drug-likeness (QED) is 0.893. The van der Waals surface area contributed by atoms with E-state index in [-0.39, 0.29) is 5.92 Å². The number of halogens is 1. The molecule has 5 heteroatoms. The van der Waals surface area contributed by atoms with Crippen LogP contribution in [0.4, 0.5) is 0 Å². The lowest BCUT2D eigenvalue weighted by molar-refractivity contribution is -0.138. The van der Waals surface area contributed by atoms with E-state index in [4.69, 9.17) is 0 Å². The summed E-state index contributed by atoms with van der Waals surface area (Å²) in [4.78, 5) is 20.0. The van der Waals surface area contributed by atoms with E-state index in [0.717, 1.165) is 15.7 Å². The molecule has 0 aliphatic rings. The van der Waals surface area contributed by atoms with E-state index in [2.05, 4.69) is 25.9 Å². The Morgan fingerprint density at radius 1 is 1.24 bits per heavy atom. The number of carbonyl (C=O) groups is 1. The van der Waals surface area contributed by atoms with Crippen molar-refractivity contribution in [2.75, 3.05) is 0 Å². The molecule has 1 aromatic heterocycles. The van der Waals surface area contributed by atoms with Crippen molar-refractivity contribution >= 4 is 21.9 Å². The fourth-order valence-electron chi connectivity index (χ4n) is 2.10. The zero-order valence-electron chi connectivity index (χ0n) is 12.0. The van der Waals surface area contributed by atoms with Crippen molar-refractivity contribution in [3.8, 4) is 0 Å². The van der Waals surface area contributed by atoms with Crippen LogP contribution in [0.25, 0.3) is 0 Å². The number of hydrogen-bond acceptors (Lipinski definition) is 3. The average molecular weight is 349 g/mol. The molecule has 0 saturated carbocycles. The number of rotatable bonds is 5. The second-order valence-corrected chi connectivity index (χ2v) is 6.06. The zero-order valence-corrected chi connectivity index (χ0v) is 13.5. The molecule has 0 fully saturated rings. The first-order chi connectivity index (χ1) is 9.99. The zero-order chi connectivity index (χ0) is 15.4. The Hall–Kier alpha value is -1.75. The normalized spacial score (nSPS) is 12.4. The van der Waals surface area contributed by atoms with Crippen LogP contribution in [0.2, 0.25) is 0 Å². The van der Waals surface area contributed by atoms with Gasteiger partial charge in [0.15, 0.2) is 0 Å². The maximum absolute atomic E-state index is 11.6. The van der Waals surface area contributed by atoms with Crippen LogP contribution in [0.3, 0.4) is 0 Å². The molecule has 1 N–H and O–H groups in total. The second-order valence-electron chi connectivity index (χ2n) is 5.21. The average Bonchev–Trinajstić information content (AvgIpc) is 2.46. The molecule has 0 radical (unpaired) electrons. The standard InChI is InChI=1S/C16H17BrN2O2/c1-10(2)14-8-15(19-9-18-14)12(16(20)21)7-11-5-3-4-6-13(11)17/h3-6,8-10,12H,7H2,1-2H3,(H,20,21). The van der Waals surface area contributed by atoms with Gasteiger partial charge < -0.3 is 5.11 Å². The van der Waals surface area contributed by atoms with Gasteiger partial charge in [-0.15, -0.1) is 0 Å². The Morgan fingerprint density at radius 2 is 1.90 bits per heavy atom. The highest BCUT2D eigenvalue weighted by atomic mass is 79.9. The summed E-state index contributed by atoms with van der Waals surface area (Å²) in [5, 5.41) is 9.53. The minimum Gasteiger partial charge on any atom is -0.481 e. The maximum Gasteiger partial charge on any atom is 0.312 e. The Morgan fingerprint density at radius 3 is 2.52 bits per heavy atom. The first kappa shape index (κ1) is 15.6. The van der Waals surface area contributed by atoms with Gasteiger partial charge in [-0.3, -0.25) is 4.79 Å². The molecule has 110 valence electrons. The van der Waals surface area contributed by atoms with E-state index in [0.29, 0.717) is 12.1 Å². The number of aromatic nitrogens is 2. The number of hydrogen-bond donors (Lipinski definition) is 1. The molecule has 0 aliphatic heterocycles. The van der Waals surface area contributed by atoms with E-state index in [1.807, 2.05) is 38.1 Å². The van der Waals surface area contributed by atoms with Gasteiger partial charge in [0.1, 0.15) is 12.2 Å². The highest BCUT2D eigenvalue weighted by Crippen LogP contribution is 2.25. The van der Waals surface area contributed by atoms with Crippen LogP contribution in [0, 0.1) is 0 Å². The summed E-state index contributed by atoms with van der Waals surface area (Å²) < 4.78 is 0.911. The third kappa shape index (κ3) is 3.88. The third-order valence-electron chi connectivity index (χ3n) is 3.34.